The lowest BCUT2D eigenvalue weighted by atomic mass is 10.1. The summed E-state index contributed by atoms with van der Waals surface area (Å²) in [5.74, 6) is -3.25. The van der Waals surface area contributed by atoms with E-state index in [-0.39, 0.29) is 16.9 Å². The standard InChI is InChI=1S/C9H8O5/c1-14-7-5(8(10)11)3-2-4-6(7)9(12)13/h2-4H,1H3,(H,10,11)(H,12,13)/p-2. The van der Waals surface area contributed by atoms with E-state index >= 15 is 0 Å². The Hall–Kier alpha value is -2.04. The van der Waals surface area contributed by atoms with Gasteiger partial charge in [-0.1, -0.05) is 6.07 Å². The molecule has 5 nitrogen and oxygen atoms in total. The van der Waals surface area contributed by atoms with Crippen molar-refractivity contribution in [2.45, 2.75) is 0 Å². The Labute approximate surface area is 79.6 Å². The molecule has 1 rings (SSSR count). The third kappa shape index (κ3) is 1.66. The van der Waals surface area contributed by atoms with Crippen molar-refractivity contribution in [2.24, 2.45) is 0 Å². The number of hydrogen-bond donors (Lipinski definition) is 0. The summed E-state index contributed by atoms with van der Waals surface area (Å²) >= 11 is 0. The largest absolute Gasteiger partial charge is 0.545 e. The molecule has 0 spiro atoms. The molecule has 5 heteroatoms. The normalized spacial score (nSPS) is 9.50. The molecular formula is C9H6O5-2. The maximum atomic E-state index is 10.6. The maximum absolute atomic E-state index is 10.6. The van der Waals surface area contributed by atoms with Gasteiger partial charge in [-0.05, 0) is 12.1 Å². The smallest absolute Gasteiger partial charge is 0.136 e. The van der Waals surface area contributed by atoms with Crippen molar-refractivity contribution in [3.63, 3.8) is 0 Å². The van der Waals surface area contributed by atoms with Crippen LogP contribution < -0.4 is 14.9 Å². The van der Waals surface area contributed by atoms with Crippen LogP contribution >= 0.6 is 0 Å². The highest BCUT2D eigenvalue weighted by molar-refractivity contribution is 5.97. The van der Waals surface area contributed by atoms with Crippen molar-refractivity contribution in [3.05, 3.63) is 29.3 Å². The van der Waals surface area contributed by atoms with Gasteiger partial charge in [0.2, 0.25) is 0 Å². The van der Waals surface area contributed by atoms with Gasteiger partial charge in [0.25, 0.3) is 0 Å². The van der Waals surface area contributed by atoms with Gasteiger partial charge in [0.1, 0.15) is 5.75 Å². The first-order valence-electron chi connectivity index (χ1n) is 3.67. The summed E-state index contributed by atoms with van der Waals surface area (Å²) in [6.45, 7) is 0. The molecule has 0 heterocycles. The van der Waals surface area contributed by atoms with E-state index in [1.165, 1.54) is 25.3 Å². The molecule has 1 aromatic carbocycles. The number of carbonyl (C=O) groups excluding carboxylic acids is 2. The van der Waals surface area contributed by atoms with Crippen LogP contribution in [-0.2, 0) is 0 Å². The molecule has 0 saturated heterocycles. The van der Waals surface area contributed by atoms with Crippen LogP contribution in [0.5, 0.6) is 5.75 Å². The summed E-state index contributed by atoms with van der Waals surface area (Å²) in [6.07, 6.45) is 0. The molecule has 0 saturated carbocycles. The van der Waals surface area contributed by atoms with Crippen molar-refractivity contribution in [3.8, 4) is 5.75 Å². The first-order chi connectivity index (χ1) is 6.57. The maximum Gasteiger partial charge on any atom is 0.136 e. The van der Waals surface area contributed by atoms with Crippen molar-refractivity contribution in [1.82, 2.24) is 0 Å². The number of methoxy groups -OCH3 is 1. The van der Waals surface area contributed by atoms with E-state index in [4.69, 9.17) is 0 Å². The van der Waals surface area contributed by atoms with Crippen LogP contribution in [0.4, 0.5) is 0 Å². The Morgan fingerprint density at radius 1 is 1.14 bits per heavy atom. The van der Waals surface area contributed by atoms with Crippen molar-refractivity contribution in [2.75, 3.05) is 7.11 Å². The molecule has 1 aromatic rings. The molecule has 0 aliphatic heterocycles. The van der Waals surface area contributed by atoms with Crippen LogP contribution in [0.2, 0.25) is 0 Å². The summed E-state index contributed by atoms with van der Waals surface area (Å²) in [4.78, 5) is 21.1. The first-order valence-corrected chi connectivity index (χ1v) is 3.67. The number of benzene rings is 1. The summed E-state index contributed by atoms with van der Waals surface area (Å²) < 4.78 is 4.66. The number of carboxylic acid groups (broad SMARTS) is 2. The second-order valence-electron chi connectivity index (χ2n) is 2.46. The molecule has 0 radical (unpaired) electrons. The zero-order chi connectivity index (χ0) is 10.7. The molecule has 0 unspecified atom stereocenters. The lowest BCUT2D eigenvalue weighted by molar-refractivity contribution is -0.255. The average molecular weight is 194 g/mol. The number of ether oxygens (including phenoxy) is 1. The van der Waals surface area contributed by atoms with E-state index in [0.717, 1.165) is 0 Å². The van der Waals surface area contributed by atoms with Crippen molar-refractivity contribution in [1.29, 1.82) is 0 Å². The summed E-state index contributed by atoms with van der Waals surface area (Å²) in [7, 11) is 1.17. The fourth-order valence-corrected chi connectivity index (χ4v) is 1.08. The average Bonchev–Trinajstić information content (AvgIpc) is 2.16. The second kappa shape index (κ2) is 3.78. The van der Waals surface area contributed by atoms with Gasteiger partial charge in [-0.15, -0.1) is 0 Å². The Kier molecular flexibility index (Phi) is 2.71. The van der Waals surface area contributed by atoms with Gasteiger partial charge in [-0.25, -0.2) is 0 Å². The van der Waals surface area contributed by atoms with Crippen LogP contribution in [0.3, 0.4) is 0 Å². The molecule has 0 fully saturated rings. The van der Waals surface area contributed by atoms with Gasteiger partial charge in [-0.3, -0.25) is 0 Å². The number of hydrogen-bond acceptors (Lipinski definition) is 5. The minimum absolute atomic E-state index is 0.257. The highest BCUT2D eigenvalue weighted by Crippen LogP contribution is 2.22. The molecule has 0 bridgehead atoms. The second-order valence-corrected chi connectivity index (χ2v) is 2.46. The number of carbonyl (C=O) groups is 2. The van der Waals surface area contributed by atoms with Gasteiger partial charge in [0.15, 0.2) is 0 Å². The fraction of sp³-hybridized carbons (Fsp3) is 0.111. The van der Waals surface area contributed by atoms with Crippen LogP contribution in [0.1, 0.15) is 20.7 Å². The fourth-order valence-electron chi connectivity index (χ4n) is 1.08. The van der Waals surface area contributed by atoms with E-state index in [1.807, 2.05) is 0 Å². The zero-order valence-corrected chi connectivity index (χ0v) is 7.27. The summed E-state index contributed by atoms with van der Waals surface area (Å²) in [6, 6.07) is 3.67. The molecule has 14 heavy (non-hydrogen) atoms. The summed E-state index contributed by atoms with van der Waals surface area (Å²) in [5, 5.41) is 21.1. The Morgan fingerprint density at radius 3 is 1.86 bits per heavy atom. The van der Waals surface area contributed by atoms with Gasteiger partial charge in [0, 0.05) is 11.1 Å². The van der Waals surface area contributed by atoms with E-state index in [9.17, 15) is 19.8 Å². The SMILES string of the molecule is COc1c(C(=O)[O-])cccc1C(=O)[O-]. The Balaban J connectivity index is 3.39. The van der Waals surface area contributed by atoms with Crippen LogP contribution in [0.25, 0.3) is 0 Å². The Morgan fingerprint density at radius 2 is 1.57 bits per heavy atom. The van der Waals surface area contributed by atoms with Gasteiger partial charge in [-0.2, -0.15) is 0 Å². The zero-order valence-electron chi connectivity index (χ0n) is 7.27. The molecule has 74 valence electrons. The van der Waals surface area contributed by atoms with Crippen LogP contribution in [-0.4, -0.2) is 19.0 Å². The molecule has 0 aromatic heterocycles. The lowest BCUT2D eigenvalue weighted by Gasteiger charge is -2.14. The number of para-hydroxylation sites is 1. The predicted octanol–water partition coefficient (Wildman–Crippen LogP) is -1.58. The van der Waals surface area contributed by atoms with Crippen molar-refractivity contribution >= 4 is 11.9 Å². The van der Waals surface area contributed by atoms with E-state index in [1.54, 1.807) is 0 Å². The topological polar surface area (TPSA) is 89.5 Å². The molecule has 0 amide bonds. The van der Waals surface area contributed by atoms with E-state index in [0.29, 0.717) is 0 Å². The summed E-state index contributed by atoms with van der Waals surface area (Å²) in [5.41, 5.74) is -0.622. The van der Waals surface area contributed by atoms with Crippen molar-refractivity contribution < 1.29 is 24.5 Å². The minimum Gasteiger partial charge on any atom is -0.545 e. The minimum atomic E-state index is -1.50. The van der Waals surface area contributed by atoms with E-state index in [2.05, 4.69) is 4.74 Å². The van der Waals surface area contributed by atoms with Crippen LogP contribution in [0.15, 0.2) is 18.2 Å². The van der Waals surface area contributed by atoms with Gasteiger partial charge in [0.05, 0.1) is 19.0 Å². The molecule has 0 aliphatic carbocycles. The molecule has 0 atom stereocenters. The number of carboxylic acids is 2. The molecule has 0 aliphatic rings. The number of aromatic carboxylic acids is 2. The Bertz CT molecular complexity index is 351. The molecular weight excluding hydrogens is 188 g/mol. The first kappa shape index (κ1) is 10.0. The highest BCUT2D eigenvalue weighted by Gasteiger charge is 2.09. The quantitative estimate of drug-likeness (QED) is 0.579. The lowest BCUT2D eigenvalue weighted by Crippen LogP contribution is -2.26. The third-order valence-electron chi connectivity index (χ3n) is 1.66. The van der Waals surface area contributed by atoms with E-state index < -0.39 is 11.9 Å². The highest BCUT2D eigenvalue weighted by atomic mass is 16.5. The third-order valence-corrected chi connectivity index (χ3v) is 1.66. The monoisotopic (exact) mass is 194 g/mol. The number of rotatable bonds is 3. The van der Waals surface area contributed by atoms with Gasteiger partial charge < -0.3 is 24.5 Å². The molecule has 0 N–H and O–H groups in total. The van der Waals surface area contributed by atoms with Crippen LogP contribution in [0, 0.1) is 0 Å². The van der Waals surface area contributed by atoms with Gasteiger partial charge >= 0.3 is 0 Å². The predicted molar refractivity (Wildman–Crippen MR) is 41.7 cm³/mol.